The number of primary amides is 1. The van der Waals surface area contributed by atoms with E-state index >= 15 is 0 Å². The van der Waals surface area contributed by atoms with Gasteiger partial charge in [0, 0.05) is 16.6 Å². The molecule has 96 valence electrons. The van der Waals surface area contributed by atoms with Crippen LogP contribution >= 0.6 is 15.9 Å². The molecule has 2 rings (SSSR count). The summed E-state index contributed by atoms with van der Waals surface area (Å²) in [6.07, 6.45) is 1.49. The first-order chi connectivity index (χ1) is 8.50. The molecule has 1 fully saturated rings. The van der Waals surface area contributed by atoms with Gasteiger partial charge in [-0.15, -0.1) is 0 Å². The molecule has 0 aliphatic carbocycles. The summed E-state index contributed by atoms with van der Waals surface area (Å²) in [7, 11) is 0. The van der Waals surface area contributed by atoms with Gasteiger partial charge in [0.05, 0.1) is 0 Å². The first kappa shape index (κ1) is 13.1. The molecule has 0 spiro atoms. The molecule has 0 saturated carbocycles. The highest BCUT2D eigenvalue weighted by Crippen LogP contribution is 2.23. The van der Waals surface area contributed by atoms with Crippen molar-refractivity contribution in [2.45, 2.75) is 25.8 Å². The lowest BCUT2D eigenvalue weighted by Gasteiger charge is -2.23. The molecule has 2 amide bonds. The van der Waals surface area contributed by atoms with Gasteiger partial charge in [0.25, 0.3) is 5.91 Å². The van der Waals surface area contributed by atoms with Gasteiger partial charge in [0.15, 0.2) is 0 Å². The van der Waals surface area contributed by atoms with Crippen molar-refractivity contribution >= 4 is 27.7 Å². The minimum atomic E-state index is -0.462. The highest BCUT2D eigenvalue weighted by molar-refractivity contribution is 9.10. The van der Waals surface area contributed by atoms with E-state index in [1.807, 2.05) is 19.1 Å². The smallest absolute Gasteiger partial charge is 0.254 e. The van der Waals surface area contributed by atoms with Crippen LogP contribution in [0.3, 0.4) is 0 Å². The maximum Gasteiger partial charge on any atom is 0.254 e. The van der Waals surface area contributed by atoms with Crippen molar-refractivity contribution in [3.63, 3.8) is 0 Å². The van der Waals surface area contributed by atoms with Gasteiger partial charge in [-0.3, -0.25) is 9.59 Å². The molecule has 1 heterocycles. The number of benzene rings is 1. The van der Waals surface area contributed by atoms with Crippen LogP contribution in [0.25, 0.3) is 0 Å². The van der Waals surface area contributed by atoms with Crippen molar-refractivity contribution in [3.8, 4) is 0 Å². The van der Waals surface area contributed by atoms with Crippen LogP contribution in [0.4, 0.5) is 0 Å². The maximum absolute atomic E-state index is 12.4. The second-order valence-electron chi connectivity index (χ2n) is 4.52. The van der Waals surface area contributed by atoms with Gasteiger partial charge >= 0.3 is 0 Å². The van der Waals surface area contributed by atoms with E-state index in [0.29, 0.717) is 18.5 Å². The molecule has 1 aliphatic rings. The highest BCUT2D eigenvalue weighted by Gasteiger charge is 2.33. The lowest BCUT2D eigenvalue weighted by molar-refractivity contribution is -0.121. The SMILES string of the molecule is Cc1ccc(Br)cc1C(=O)N1CCCC1C(N)=O. The number of nitrogens with two attached hydrogens (primary N) is 1. The first-order valence-corrected chi connectivity index (χ1v) is 6.66. The summed E-state index contributed by atoms with van der Waals surface area (Å²) in [4.78, 5) is 25.3. The Balaban J connectivity index is 2.31. The number of rotatable bonds is 2. The van der Waals surface area contributed by atoms with Crippen LogP contribution < -0.4 is 5.73 Å². The lowest BCUT2D eigenvalue weighted by atomic mass is 10.1. The first-order valence-electron chi connectivity index (χ1n) is 5.87. The predicted molar refractivity (Wildman–Crippen MR) is 72.1 cm³/mol. The topological polar surface area (TPSA) is 63.4 Å². The van der Waals surface area contributed by atoms with E-state index < -0.39 is 11.9 Å². The summed E-state index contributed by atoms with van der Waals surface area (Å²) in [6, 6.07) is 5.10. The van der Waals surface area contributed by atoms with Gasteiger partial charge < -0.3 is 10.6 Å². The minimum absolute atomic E-state index is 0.116. The Labute approximate surface area is 114 Å². The van der Waals surface area contributed by atoms with Crippen molar-refractivity contribution in [2.24, 2.45) is 5.73 Å². The van der Waals surface area contributed by atoms with Gasteiger partial charge in [0.2, 0.25) is 5.91 Å². The number of amides is 2. The molecule has 1 saturated heterocycles. The van der Waals surface area contributed by atoms with Crippen LogP contribution in [-0.4, -0.2) is 29.3 Å². The van der Waals surface area contributed by atoms with Crippen LogP contribution in [0.15, 0.2) is 22.7 Å². The summed E-state index contributed by atoms with van der Waals surface area (Å²) in [6.45, 7) is 2.48. The third kappa shape index (κ3) is 2.41. The Morgan fingerprint density at radius 1 is 1.44 bits per heavy atom. The number of likely N-dealkylation sites (tertiary alicyclic amines) is 1. The maximum atomic E-state index is 12.4. The summed E-state index contributed by atoms with van der Waals surface area (Å²) in [5.41, 5.74) is 6.85. The van der Waals surface area contributed by atoms with Crippen molar-refractivity contribution in [3.05, 3.63) is 33.8 Å². The molecule has 2 N–H and O–H groups in total. The van der Waals surface area contributed by atoms with Crippen molar-refractivity contribution < 1.29 is 9.59 Å². The molecule has 0 radical (unpaired) electrons. The molecule has 4 nitrogen and oxygen atoms in total. The van der Waals surface area contributed by atoms with Gasteiger partial charge in [-0.25, -0.2) is 0 Å². The zero-order valence-electron chi connectivity index (χ0n) is 10.1. The normalized spacial score (nSPS) is 19.0. The zero-order valence-corrected chi connectivity index (χ0v) is 11.7. The Morgan fingerprint density at radius 2 is 2.17 bits per heavy atom. The summed E-state index contributed by atoms with van der Waals surface area (Å²) >= 11 is 3.35. The average molecular weight is 311 g/mol. The standard InChI is InChI=1S/C13H15BrN2O2/c1-8-4-5-9(14)7-10(8)13(18)16-6-2-3-11(16)12(15)17/h4-5,7,11H,2-3,6H2,1H3,(H2,15,17). The monoisotopic (exact) mass is 310 g/mol. The minimum Gasteiger partial charge on any atom is -0.368 e. The van der Waals surface area contributed by atoms with E-state index in [-0.39, 0.29) is 5.91 Å². The summed E-state index contributed by atoms with van der Waals surface area (Å²) in [5.74, 6) is -0.538. The molecule has 1 atom stereocenters. The van der Waals surface area contributed by atoms with E-state index in [1.54, 1.807) is 11.0 Å². The Kier molecular flexibility index (Phi) is 3.71. The zero-order chi connectivity index (χ0) is 13.3. The number of carbonyl (C=O) groups is 2. The number of hydrogen-bond donors (Lipinski definition) is 1. The van der Waals surface area contributed by atoms with Gasteiger partial charge in [-0.05, 0) is 37.5 Å². The predicted octanol–water partition coefficient (Wildman–Crippen LogP) is 1.85. The molecule has 5 heteroatoms. The largest absolute Gasteiger partial charge is 0.368 e. The molecular weight excluding hydrogens is 296 g/mol. The molecule has 18 heavy (non-hydrogen) atoms. The van der Waals surface area contributed by atoms with Gasteiger partial charge in [-0.2, -0.15) is 0 Å². The van der Waals surface area contributed by atoms with Crippen molar-refractivity contribution in [1.82, 2.24) is 4.90 Å². The third-order valence-corrected chi connectivity index (χ3v) is 3.77. The van der Waals surface area contributed by atoms with E-state index in [9.17, 15) is 9.59 Å². The van der Waals surface area contributed by atoms with Gasteiger partial charge in [-0.1, -0.05) is 22.0 Å². The molecule has 1 aliphatic heterocycles. The average Bonchev–Trinajstić information content (AvgIpc) is 2.80. The highest BCUT2D eigenvalue weighted by atomic mass is 79.9. The molecule has 1 unspecified atom stereocenters. The van der Waals surface area contributed by atoms with E-state index in [2.05, 4.69) is 15.9 Å². The van der Waals surface area contributed by atoms with E-state index in [0.717, 1.165) is 16.5 Å². The molecule has 1 aromatic rings. The summed E-state index contributed by atoms with van der Waals surface area (Å²) < 4.78 is 0.853. The third-order valence-electron chi connectivity index (χ3n) is 3.27. The van der Waals surface area contributed by atoms with Crippen LogP contribution in [-0.2, 0) is 4.79 Å². The van der Waals surface area contributed by atoms with Crippen LogP contribution in [0.5, 0.6) is 0 Å². The number of halogens is 1. The Hall–Kier alpha value is -1.36. The fourth-order valence-electron chi connectivity index (χ4n) is 2.28. The van der Waals surface area contributed by atoms with E-state index in [4.69, 9.17) is 5.73 Å². The van der Waals surface area contributed by atoms with Crippen LogP contribution in [0, 0.1) is 6.92 Å². The number of hydrogen-bond acceptors (Lipinski definition) is 2. The molecule has 0 bridgehead atoms. The summed E-state index contributed by atoms with van der Waals surface area (Å²) in [5, 5.41) is 0. The Bertz CT molecular complexity index is 502. The second kappa shape index (κ2) is 5.10. The quantitative estimate of drug-likeness (QED) is 0.906. The van der Waals surface area contributed by atoms with Crippen LogP contribution in [0.1, 0.15) is 28.8 Å². The van der Waals surface area contributed by atoms with Crippen molar-refractivity contribution in [2.75, 3.05) is 6.54 Å². The number of nitrogens with zero attached hydrogens (tertiary/aromatic N) is 1. The van der Waals surface area contributed by atoms with Crippen molar-refractivity contribution in [1.29, 1.82) is 0 Å². The molecule has 0 aromatic heterocycles. The fraction of sp³-hybridized carbons (Fsp3) is 0.385. The molecular formula is C13H15BrN2O2. The Morgan fingerprint density at radius 3 is 2.83 bits per heavy atom. The lowest BCUT2D eigenvalue weighted by Crippen LogP contribution is -2.43. The number of aryl methyl sites for hydroxylation is 1. The molecule has 1 aromatic carbocycles. The van der Waals surface area contributed by atoms with Gasteiger partial charge in [0.1, 0.15) is 6.04 Å². The second-order valence-corrected chi connectivity index (χ2v) is 5.43. The fourth-order valence-corrected chi connectivity index (χ4v) is 2.65. The number of carbonyl (C=O) groups excluding carboxylic acids is 2. The van der Waals surface area contributed by atoms with E-state index in [1.165, 1.54) is 0 Å². The van der Waals surface area contributed by atoms with Crippen LogP contribution in [0.2, 0.25) is 0 Å².